The minimum absolute atomic E-state index is 0.0916. The smallest absolute Gasteiger partial charge is 0.257 e. The van der Waals surface area contributed by atoms with Crippen molar-refractivity contribution >= 4 is 27.5 Å². The molecule has 0 saturated carbocycles. The Hall–Kier alpha value is -2.70. The fourth-order valence-electron chi connectivity index (χ4n) is 3.09. The molecule has 0 aliphatic rings. The maximum atomic E-state index is 12.8. The fourth-order valence-corrected chi connectivity index (χ4v) is 3.46. The van der Waals surface area contributed by atoms with Crippen molar-refractivity contribution in [3.05, 3.63) is 82.1 Å². The van der Waals surface area contributed by atoms with Crippen LogP contribution in [-0.4, -0.2) is 23.6 Å². The van der Waals surface area contributed by atoms with Gasteiger partial charge in [0.05, 0.1) is 21.8 Å². The summed E-state index contributed by atoms with van der Waals surface area (Å²) in [5.74, 6) is 1.13. The Kier molecular flexibility index (Phi) is 7.60. The summed E-state index contributed by atoms with van der Waals surface area (Å²) in [5.41, 5.74) is 2.79. The molecular weight excluding hydrogens is 444 g/mol. The maximum Gasteiger partial charge on any atom is 0.257 e. The van der Waals surface area contributed by atoms with E-state index in [2.05, 4.69) is 26.2 Å². The van der Waals surface area contributed by atoms with Gasteiger partial charge in [0.15, 0.2) is 0 Å². The topological polar surface area (TPSA) is 60.5 Å². The van der Waals surface area contributed by atoms with Crippen LogP contribution in [0.3, 0.4) is 0 Å². The second-order valence-corrected chi connectivity index (χ2v) is 7.77. The first-order valence-electron chi connectivity index (χ1n) is 9.88. The van der Waals surface area contributed by atoms with E-state index < -0.39 is 0 Å². The van der Waals surface area contributed by atoms with Gasteiger partial charge < -0.3 is 14.8 Å². The summed E-state index contributed by atoms with van der Waals surface area (Å²) in [6.45, 7) is 6.51. The number of aryl methyl sites for hydroxylation is 1. The van der Waals surface area contributed by atoms with Gasteiger partial charge in [0.25, 0.3) is 5.91 Å². The van der Waals surface area contributed by atoms with Crippen LogP contribution < -0.4 is 10.1 Å². The van der Waals surface area contributed by atoms with Crippen LogP contribution in [0.25, 0.3) is 0 Å². The standard InChI is InChI=1S/C24H25BrN2O3/c1-4-29-16(2)14-19-12-13-21(17(3)26-19)24(28)27-18-8-7-9-20(15-18)30-23-11-6-5-10-22(23)25/h5-13,15-16H,4,14H2,1-3H3,(H,27,28). The fraction of sp³-hybridized carbons (Fsp3) is 0.250. The number of para-hydroxylation sites is 1. The molecule has 1 aromatic heterocycles. The number of carbonyl (C=O) groups excluding carboxylic acids is 1. The molecule has 0 aliphatic heterocycles. The number of pyridine rings is 1. The van der Waals surface area contributed by atoms with Crippen molar-refractivity contribution < 1.29 is 14.3 Å². The van der Waals surface area contributed by atoms with Gasteiger partial charge in [-0.3, -0.25) is 9.78 Å². The molecule has 1 amide bonds. The Balaban J connectivity index is 1.69. The lowest BCUT2D eigenvalue weighted by Crippen LogP contribution is -2.16. The Bertz CT molecular complexity index is 1020. The van der Waals surface area contributed by atoms with Crippen molar-refractivity contribution in [2.45, 2.75) is 33.3 Å². The van der Waals surface area contributed by atoms with E-state index in [0.29, 0.717) is 41.5 Å². The highest BCUT2D eigenvalue weighted by atomic mass is 79.9. The number of amides is 1. The number of benzene rings is 2. The van der Waals surface area contributed by atoms with Gasteiger partial charge in [0, 0.05) is 30.5 Å². The number of rotatable bonds is 8. The number of aromatic nitrogens is 1. The molecule has 6 heteroatoms. The summed E-state index contributed by atoms with van der Waals surface area (Å²) in [5, 5.41) is 2.93. The van der Waals surface area contributed by atoms with Gasteiger partial charge in [0.2, 0.25) is 0 Å². The monoisotopic (exact) mass is 468 g/mol. The van der Waals surface area contributed by atoms with Crippen molar-refractivity contribution in [1.82, 2.24) is 4.98 Å². The van der Waals surface area contributed by atoms with E-state index in [1.807, 2.05) is 75.4 Å². The number of ether oxygens (including phenoxy) is 2. The minimum Gasteiger partial charge on any atom is -0.456 e. The van der Waals surface area contributed by atoms with Gasteiger partial charge >= 0.3 is 0 Å². The van der Waals surface area contributed by atoms with Crippen LogP contribution in [0.2, 0.25) is 0 Å². The molecule has 1 unspecified atom stereocenters. The minimum atomic E-state index is -0.206. The normalized spacial score (nSPS) is 11.7. The Labute approximate surface area is 185 Å². The second kappa shape index (κ2) is 10.4. The summed E-state index contributed by atoms with van der Waals surface area (Å²) in [4.78, 5) is 17.3. The third-order valence-electron chi connectivity index (χ3n) is 4.49. The summed E-state index contributed by atoms with van der Waals surface area (Å²) in [6.07, 6.45) is 0.805. The molecule has 30 heavy (non-hydrogen) atoms. The molecule has 0 radical (unpaired) electrons. The number of anilines is 1. The number of nitrogens with one attached hydrogen (secondary N) is 1. The van der Waals surface area contributed by atoms with Crippen molar-refractivity contribution in [2.24, 2.45) is 0 Å². The molecule has 0 saturated heterocycles. The predicted octanol–water partition coefficient (Wildman–Crippen LogP) is 6.16. The summed E-state index contributed by atoms with van der Waals surface area (Å²) >= 11 is 3.47. The van der Waals surface area contributed by atoms with Crippen LogP contribution in [0, 0.1) is 6.92 Å². The molecular formula is C24H25BrN2O3. The van der Waals surface area contributed by atoms with Crippen LogP contribution in [0.4, 0.5) is 5.69 Å². The molecule has 2 aromatic carbocycles. The molecule has 3 aromatic rings. The van der Waals surface area contributed by atoms with Crippen molar-refractivity contribution in [2.75, 3.05) is 11.9 Å². The maximum absolute atomic E-state index is 12.8. The van der Waals surface area contributed by atoms with Crippen LogP contribution in [-0.2, 0) is 11.2 Å². The molecule has 0 aliphatic carbocycles. The average Bonchev–Trinajstić information content (AvgIpc) is 2.70. The highest BCUT2D eigenvalue weighted by Crippen LogP contribution is 2.30. The lowest BCUT2D eigenvalue weighted by molar-refractivity contribution is 0.0761. The molecule has 0 bridgehead atoms. The molecule has 5 nitrogen and oxygen atoms in total. The number of carbonyl (C=O) groups is 1. The van der Waals surface area contributed by atoms with Gasteiger partial charge in [-0.15, -0.1) is 0 Å². The third-order valence-corrected chi connectivity index (χ3v) is 5.15. The zero-order valence-corrected chi connectivity index (χ0v) is 18.9. The van der Waals surface area contributed by atoms with E-state index in [1.165, 1.54) is 0 Å². The van der Waals surface area contributed by atoms with Crippen LogP contribution in [0.15, 0.2) is 65.1 Å². The first-order chi connectivity index (χ1) is 14.5. The van der Waals surface area contributed by atoms with Gasteiger partial charge in [-0.25, -0.2) is 0 Å². The van der Waals surface area contributed by atoms with E-state index in [1.54, 1.807) is 6.07 Å². The summed E-state index contributed by atoms with van der Waals surface area (Å²) in [6, 6.07) is 18.6. The zero-order valence-electron chi connectivity index (χ0n) is 17.3. The Morgan fingerprint density at radius 3 is 2.67 bits per heavy atom. The molecule has 1 N–H and O–H groups in total. The first kappa shape index (κ1) is 22.0. The van der Waals surface area contributed by atoms with Crippen LogP contribution in [0.1, 0.15) is 35.6 Å². The number of hydrogen-bond donors (Lipinski definition) is 1. The Morgan fingerprint density at radius 2 is 1.93 bits per heavy atom. The highest BCUT2D eigenvalue weighted by molar-refractivity contribution is 9.10. The molecule has 1 atom stereocenters. The first-order valence-corrected chi connectivity index (χ1v) is 10.7. The van der Waals surface area contributed by atoms with Gasteiger partial charge in [-0.2, -0.15) is 0 Å². The molecule has 0 spiro atoms. The van der Waals surface area contributed by atoms with E-state index >= 15 is 0 Å². The second-order valence-electron chi connectivity index (χ2n) is 6.92. The van der Waals surface area contributed by atoms with Gasteiger partial charge in [-0.05, 0) is 73.1 Å². The molecule has 1 heterocycles. The molecule has 3 rings (SSSR count). The van der Waals surface area contributed by atoms with Crippen LogP contribution in [0.5, 0.6) is 11.5 Å². The quantitative estimate of drug-likeness (QED) is 0.429. The predicted molar refractivity (Wildman–Crippen MR) is 122 cm³/mol. The van der Waals surface area contributed by atoms with Crippen molar-refractivity contribution in [1.29, 1.82) is 0 Å². The van der Waals surface area contributed by atoms with E-state index in [-0.39, 0.29) is 12.0 Å². The third kappa shape index (κ3) is 5.90. The average molecular weight is 469 g/mol. The van der Waals surface area contributed by atoms with E-state index in [9.17, 15) is 4.79 Å². The zero-order chi connectivity index (χ0) is 21.5. The van der Waals surface area contributed by atoms with Crippen molar-refractivity contribution in [3.63, 3.8) is 0 Å². The highest BCUT2D eigenvalue weighted by Gasteiger charge is 2.13. The SMILES string of the molecule is CCOC(C)Cc1ccc(C(=O)Nc2cccc(Oc3ccccc3Br)c2)c(C)n1. The summed E-state index contributed by atoms with van der Waals surface area (Å²) in [7, 11) is 0. The van der Waals surface area contributed by atoms with Gasteiger partial charge in [-0.1, -0.05) is 18.2 Å². The van der Waals surface area contributed by atoms with Crippen molar-refractivity contribution in [3.8, 4) is 11.5 Å². The van der Waals surface area contributed by atoms with Crippen LogP contribution >= 0.6 is 15.9 Å². The van der Waals surface area contributed by atoms with E-state index in [0.717, 1.165) is 10.2 Å². The van der Waals surface area contributed by atoms with Gasteiger partial charge in [0.1, 0.15) is 11.5 Å². The number of halogens is 1. The summed E-state index contributed by atoms with van der Waals surface area (Å²) < 4.78 is 12.3. The molecule has 0 fully saturated rings. The lowest BCUT2D eigenvalue weighted by Gasteiger charge is -2.13. The Morgan fingerprint density at radius 1 is 1.13 bits per heavy atom. The largest absolute Gasteiger partial charge is 0.456 e. The lowest BCUT2D eigenvalue weighted by atomic mass is 10.1. The molecule has 156 valence electrons. The van der Waals surface area contributed by atoms with E-state index in [4.69, 9.17) is 9.47 Å². The number of hydrogen-bond acceptors (Lipinski definition) is 4. The number of nitrogens with zero attached hydrogens (tertiary/aromatic N) is 1.